The van der Waals surface area contributed by atoms with Crippen molar-refractivity contribution in [2.24, 2.45) is 0 Å². The average Bonchev–Trinajstić information content (AvgIpc) is 3.15. The van der Waals surface area contributed by atoms with Crippen LogP contribution in [0.4, 0.5) is 24.4 Å². The van der Waals surface area contributed by atoms with Crippen LogP contribution in [-0.2, 0) is 0 Å². The number of carbonyl (C=O) groups excluding carboxylic acids is 1. The first-order valence-corrected chi connectivity index (χ1v) is 10.5. The highest BCUT2D eigenvalue weighted by Gasteiger charge is 2.17. The molecule has 0 spiro atoms. The Balaban J connectivity index is 1.65. The number of urea groups is 1. The summed E-state index contributed by atoms with van der Waals surface area (Å²) >= 11 is 7.30. The van der Waals surface area contributed by atoms with Crippen LogP contribution < -0.4 is 10.6 Å². The first-order valence-electron chi connectivity index (χ1n) is 9.26. The molecule has 0 atom stereocenters. The van der Waals surface area contributed by atoms with E-state index in [0.717, 1.165) is 33.7 Å². The average molecular weight is 456 g/mol. The van der Waals surface area contributed by atoms with E-state index in [-0.39, 0.29) is 5.69 Å². The number of amides is 2. The minimum Gasteiger partial charge on any atom is -0.305 e. The van der Waals surface area contributed by atoms with Crippen LogP contribution in [0.2, 0.25) is 5.02 Å². The minimum atomic E-state index is -0.864. The number of halogens is 3. The van der Waals surface area contributed by atoms with Gasteiger partial charge in [-0.05, 0) is 36.8 Å². The summed E-state index contributed by atoms with van der Waals surface area (Å²) in [5, 5.41) is 5.94. The van der Waals surface area contributed by atoms with Crippen LogP contribution in [0.25, 0.3) is 21.7 Å². The lowest BCUT2D eigenvalue weighted by atomic mass is 10.1. The van der Waals surface area contributed by atoms with Crippen molar-refractivity contribution in [1.29, 1.82) is 0 Å². The molecule has 156 valence electrons. The van der Waals surface area contributed by atoms with Crippen LogP contribution in [0.1, 0.15) is 5.56 Å². The molecule has 1 heterocycles. The number of nitrogens with one attached hydrogen (secondary N) is 2. The molecule has 0 aliphatic rings. The summed E-state index contributed by atoms with van der Waals surface area (Å²) in [4.78, 5) is 17.8. The second-order valence-corrected chi connectivity index (χ2v) is 8.21. The lowest BCUT2D eigenvalue weighted by molar-refractivity contribution is 0.262. The topological polar surface area (TPSA) is 54.0 Å². The monoisotopic (exact) mass is 455 g/mol. The molecular weight excluding hydrogens is 440 g/mol. The predicted octanol–water partition coefficient (Wildman–Crippen LogP) is 7.36. The first kappa shape index (κ1) is 21.0. The van der Waals surface area contributed by atoms with E-state index in [1.165, 1.54) is 11.3 Å². The molecular formula is C23H16ClF2N3OS. The normalized spacial score (nSPS) is 10.7. The van der Waals surface area contributed by atoms with Crippen LogP contribution in [-0.4, -0.2) is 11.0 Å². The summed E-state index contributed by atoms with van der Waals surface area (Å²) < 4.78 is 26.9. The molecule has 2 N–H and O–H groups in total. The van der Waals surface area contributed by atoms with Gasteiger partial charge in [0.1, 0.15) is 11.6 Å². The molecule has 4 aromatic rings. The molecule has 0 aliphatic heterocycles. The van der Waals surface area contributed by atoms with Crippen LogP contribution in [0.15, 0.2) is 66.7 Å². The van der Waals surface area contributed by atoms with E-state index in [1.807, 2.05) is 43.3 Å². The van der Waals surface area contributed by atoms with Gasteiger partial charge >= 0.3 is 6.03 Å². The number of rotatable bonds is 4. The van der Waals surface area contributed by atoms with Crippen molar-refractivity contribution in [3.63, 3.8) is 0 Å². The molecule has 2 amide bonds. The van der Waals surface area contributed by atoms with Gasteiger partial charge in [0.15, 0.2) is 5.13 Å². The second-order valence-electron chi connectivity index (χ2n) is 6.77. The second kappa shape index (κ2) is 8.83. The third kappa shape index (κ3) is 4.90. The fourth-order valence-corrected chi connectivity index (χ4v) is 4.03. The summed E-state index contributed by atoms with van der Waals surface area (Å²) in [7, 11) is 0. The number of nitrogens with zero attached hydrogens (tertiary/aromatic N) is 1. The van der Waals surface area contributed by atoms with Crippen molar-refractivity contribution in [3.8, 4) is 21.7 Å². The van der Waals surface area contributed by atoms with Crippen molar-refractivity contribution < 1.29 is 13.6 Å². The summed E-state index contributed by atoms with van der Waals surface area (Å²) in [6.45, 7) is 2.00. The Morgan fingerprint density at radius 1 is 0.935 bits per heavy atom. The predicted molar refractivity (Wildman–Crippen MR) is 122 cm³/mol. The first-order chi connectivity index (χ1) is 14.9. The molecule has 31 heavy (non-hydrogen) atoms. The van der Waals surface area contributed by atoms with Gasteiger partial charge in [-0.1, -0.05) is 64.9 Å². The zero-order valence-corrected chi connectivity index (χ0v) is 17.8. The van der Waals surface area contributed by atoms with Crippen molar-refractivity contribution in [2.45, 2.75) is 6.92 Å². The fourth-order valence-electron chi connectivity index (χ4n) is 2.92. The zero-order chi connectivity index (χ0) is 22.0. The Kier molecular flexibility index (Phi) is 5.97. The van der Waals surface area contributed by atoms with E-state index in [0.29, 0.717) is 21.9 Å². The van der Waals surface area contributed by atoms with Crippen molar-refractivity contribution in [1.82, 2.24) is 4.98 Å². The van der Waals surface area contributed by atoms with Gasteiger partial charge < -0.3 is 5.32 Å². The van der Waals surface area contributed by atoms with E-state index in [2.05, 4.69) is 15.6 Å². The van der Waals surface area contributed by atoms with Crippen molar-refractivity contribution in [3.05, 3.63) is 89.0 Å². The number of anilines is 2. The molecule has 1 aromatic heterocycles. The molecule has 4 nitrogen and oxygen atoms in total. The molecule has 8 heteroatoms. The van der Waals surface area contributed by atoms with Crippen LogP contribution in [0, 0.1) is 18.6 Å². The van der Waals surface area contributed by atoms with Crippen LogP contribution in [0.5, 0.6) is 0 Å². The molecule has 0 fully saturated rings. The molecule has 0 aliphatic carbocycles. The highest BCUT2D eigenvalue weighted by atomic mass is 35.5. The Labute approximate surface area is 186 Å². The number of benzene rings is 3. The quantitative estimate of drug-likeness (QED) is 0.337. The van der Waals surface area contributed by atoms with Gasteiger partial charge in [0, 0.05) is 16.7 Å². The Morgan fingerprint density at radius 3 is 2.29 bits per heavy atom. The van der Waals surface area contributed by atoms with E-state index in [1.54, 1.807) is 12.1 Å². The molecule has 3 aromatic carbocycles. The zero-order valence-electron chi connectivity index (χ0n) is 16.2. The Morgan fingerprint density at radius 2 is 1.61 bits per heavy atom. The van der Waals surface area contributed by atoms with E-state index in [9.17, 15) is 13.6 Å². The molecule has 0 bridgehead atoms. The SMILES string of the molecule is Cc1ccc(-c2nc(NC(=O)Nc3ccc(F)cc3F)sc2-c2ccc(Cl)cc2)cc1. The number of carbonyl (C=O) groups is 1. The number of thiazole rings is 1. The Bertz CT molecular complexity index is 1180. The number of aryl methyl sites for hydroxylation is 1. The summed E-state index contributed by atoms with van der Waals surface area (Å²) in [5.74, 6) is -1.59. The Hall–Kier alpha value is -3.29. The highest BCUT2D eigenvalue weighted by molar-refractivity contribution is 7.19. The highest BCUT2D eigenvalue weighted by Crippen LogP contribution is 2.39. The van der Waals surface area contributed by atoms with Gasteiger partial charge in [-0.3, -0.25) is 5.32 Å². The lowest BCUT2D eigenvalue weighted by Gasteiger charge is -2.06. The third-order valence-electron chi connectivity index (χ3n) is 4.46. The standard InChI is InChI=1S/C23H16ClF2N3OS/c1-13-2-4-14(5-3-13)20-21(15-6-8-16(24)9-7-15)31-23(28-20)29-22(30)27-19-11-10-17(25)12-18(19)26/h2-12H,1H3,(H2,27,28,29,30). The van der Waals surface area contributed by atoms with Crippen LogP contribution in [0.3, 0.4) is 0 Å². The maximum absolute atomic E-state index is 13.8. The van der Waals surface area contributed by atoms with Gasteiger partial charge in [0.2, 0.25) is 0 Å². The summed E-state index contributed by atoms with van der Waals surface area (Å²) in [6.07, 6.45) is 0. The van der Waals surface area contributed by atoms with E-state index in [4.69, 9.17) is 11.6 Å². The fraction of sp³-hybridized carbons (Fsp3) is 0.0435. The van der Waals surface area contributed by atoms with Gasteiger partial charge in [0.05, 0.1) is 16.3 Å². The smallest absolute Gasteiger partial charge is 0.305 e. The molecule has 0 saturated carbocycles. The van der Waals surface area contributed by atoms with E-state index < -0.39 is 17.7 Å². The maximum Gasteiger partial charge on any atom is 0.325 e. The van der Waals surface area contributed by atoms with Gasteiger partial charge in [0.25, 0.3) is 0 Å². The van der Waals surface area contributed by atoms with Gasteiger partial charge in [-0.15, -0.1) is 0 Å². The summed E-state index contributed by atoms with van der Waals surface area (Å²) in [5.41, 5.74) is 3.48. The van der Waals surface area contributed by atoms with Crippen molar-refractivity contribution >= 4 is 39.8 Å². The third-order valence-corrected chi connectivity index (χ3v) is 5.73. The van der Waals surface area contributed by atoms with E-state index >= 15 is 0 Å². The van der Waals surface area contributed by atoms with Crippen LogP contribution >= 0.6 is 22.9 Å². The van der Waals surface area contributed by atoms with Gasteiger partial charge in [-0.2, -0.15) is 0 Å². The maximum atomic E-state index is 13.8. The lowest BCUT2D eigenvalue weighted by Crippen LogP contribution is -2.20. The molecule has 0 saturated heterocycles. The summed E-state index contributed by atoms with van der Waals surface area (Å²) in [6, 6.07) is 17.5. The largest absolute Gasteiger partial charge is 0.325 e. The molecule has 0 unspecified atom stereocenters. The van der Waals surface area contributed by atoms with Gasteiger partial charge in [-0.25, -0.2) is 18.6 Å². The molecule has 4 rings (SSSR count). The number of aromatic nitrogens is 1. The minimum absolute atomic E-state index is 0.132. The number of hydrogen-bond acceptors (Lipinski definition) is 3. The number of hydrogen-bond donors (Lipinski definition) is 2. The van der Waals surface area contributed by atoms with Crippen molar-refractivity contribution in [2.75, 3.05) is 10.6 Å². The molecule has 0 radical (unpaired) electrons.